The molecule has 0 saturated carbocycles. The van der Waals surface area contributed by atoms with Crippen molar-refractivity contribution in [1.82, 2.24) is 0 Å². The fourth-order valence-electron chi connectivity index (χ4n) is 1.96. The minimum absolute atomic E-state index is 0.625. The summed E-state index contributed by atoms with van der Waals surface area (Å²) in [6.07, 6.45) is 5.64. The summed E-state index contributed by atoms with van der Waals surface area (Å²) in [5.74, 6) is 0. The lowest BCUT2D eigenvalue weighted by atomic mass is 10.1. The maximum absolute atomic E-state index is 6.95. The summed E-state index contributed by atoms with van der Waals surface area (Å²) in [6.45, 7) is 30.9. The third-order valence-electron chi connectivity index (χ3n) is 3.87. The molecule has 0 aliphatic heterocycles. The molecule has 0 bridgehead atoms. The molecule has 186 valence electrons. The van der Waals surface area contributed by atoms with Crippen LogP contribution in [0.3, 0.4) is 0 Å². The van der Waals surface area contributed by atoms with Crippen LogP contribution in [0.2, 0.25) is 0 Å². The lowest BCUT2D eigenvalue weighted by Crippen LogP contribution is -1.78. The number of rotatable bonds is 3. The topological polar surface area (TPSA) is 23.9 Å². The first-order valence-corrected chi connectivity index (χ1v) is 11.6. The largest absolute Gasteiger partial charge is 0.306 e. The second-order valence-electron chi connectivity index (χ2n) is 8.63. The summed E-state index contributed by atoms with van der Waals surface area (Å²) in [5, 5.41) is 6.95. The summed E-state index contributed by atoms with van der Waals surface area (Å²) in [4.78, 5) is 0. The van der Waals surface area contributed by atoms with Crippen molar-refractivity contribution in [2.45, 2.75) is 69.2 Å². The second-order valence-corrected chi connectivity index (χ2v) is 8.63. The summed E-state index contributed by atoms with van der Waals surface area (Å²) < 4.78 is 0. The number of benzene rings is 2. The van der Waals surface area contributed by atoms with E-state index in [1.165, 1.54) is 27.8 Å². The van der Waals surface area contributed by atoms with Crippen LogP contribution < -0.4 is 0 Å². The molecule has 0 saturated heterocycles. The molecule has 2 rings (SSSR count). The molecule has 34 heavy (non-hydrogen) atoms. The van der Waals surface area contributed by atoms with Gasteiger partial charge in [0, 0.05) is 5.71 Å². The normalized spacial score (nSPS) is 8.18. The van der Waals surface area contributed by atoms with Gasteiger partial charge in [-0.3, -0.25) is 0 Å². The lowest BCUT2D eigenvalue weighted by molar-refractivity contribution is 1.36. The molecule has 2 aromatic rings. The van der Waals surface area contributed by atoms with Gasteiger partial charge >= 0.3 is 0 Å². The Morgan fingerprint density at radius 1 is 0.735 bits per heavy atom. The molecule has 1 nitrogen and oxygen atoms in total. The summed E-state index contributed by atoms with van der Waals surface area (Å²) in [5.41, 5.74) is 9.23. The zero-order valence-corrected chi connectivity index (χ0v) is 23.5. The zero-order chi connectivity index (χ0) is 27.1. The Kier molecular flexibility index (Phi) is 23.9. The number of nitrogens with one attached hydrogen (secondary N) is 1. The first-order valence-electron chi connectivity index (χ1n) is 11.6. The molecule has 1 heteroatoms. The highest BCUT2D eigenvalue weighted by atomic mass is 14.4. The maximum Gasteiger partial charge on any atom is 0.0282 e. The monoisotopic (exact) mass is 459 g/mol. The van der Waals surface area contributed by atoms with Gasteiger partial charge in [0.2, 0.25) is 0 Å². The van der Waals surface area contributed by atoms with Crippen molar-refractivity contribution in [3.05, 3.63) is 126 Å². The number of hydrogen-bond donors (Lipinski definition) is 1. The average molecular weight is 460 g/mol. The van der Waals surface area contributed by atoms with Crippen molar-refractivity contribution in [1.29, 1.82) is 5.41 Å². The molecule has 0 fully saturated rings. The molecule has 0 heterocycles. The van der Waals surface area contributed by atoms with Gasteiger partial charge in [0.25, 0.3) is 0 Å². The molecule has 0 radical (unpaired) electrons. The first-order chi connectivity index (χ1) is 15.8. The number of allylic oxidation sites excluding steroid dienone is 7. The summed E-state index contributed by atoms with van der Waals surface area (Å²) >= 11 is 0. The Morgan fingerprint density at radius 2 is 1.15 bits per heavy atom. The molecule has 2 aromatic carbocycles. The van der Waals surface area contributed by atoms with E-state index in [2.05, 4.69) is 89.9 Å². The van der Waals surface area contributed by atoms with Gasteiger partial charge in [-0.2, -0.15) is 0 Å². The molecule has 1 N–H and O–H groups in total. The molecular weight excluding hydrogens is 410 g/mol. The molecule has 0 aliphatic carbocycles. The van der Waals surface area contributed by atoms with E-state index in [1.807, 2.05) is 58.9 Å². The minimum atomic E-state index is 0.625. The van der Waals surface area contributed by atoms with Crippen LogP contribution in [0.1, 0.15) is 72.1 Å². The van der Waals surface area contributed by atoms with Crippen LogP contribution in [0.25, 0.3) is 5.57 Å². The van der Waals surface area contributed by atoms with Crippen LogP contribution in [-0.4, -0.2) is 5.71 Å². The van der Waals surface area contributed by atoms with Gasteiger partial charge in [-0.1, -0.05) is 120 Å². The highest BCUT2D eigenvalue weighted by Crippen LogP contribution is 2.08. The Balaban J connectivity index is -0.000000361. The van der Waals surface area contributed by atoms with Crippen LogP contribution in [0, 0.1) is 19.3 Å². The fourth-order valence-corrected chi connectivity index (χ4v) is 1.96. The predicted molar refractivity (Wildman–Crippen MR) is 160 cm³/mol. The van der Waals surface area contributed by atoms with Crippen LogP contribution in [0.5, 0.6) is 0 Å². The summed E-state index contributed by atoms with van der Waals surface area (Å²) in [6, 6.07) is 18.6. The quantitative estimate of drug-likeness (QED) is 0.268. The van der Waals surface area contributed by atoms with Gasteiger partial charge in [0.05, 0.1) is 0 Å². The molecule has 0 aromatic heterocycles. The Bertz CT molecular complexity index is 883. The Hall–Kier alpha value is -3.19. The van der Waals surface area contributed by atoms with Gasteiger partial charge in [0.15, 0.2) is 0 Å². The van der Waals surface area contributed by atoms with Gasteiger partial charge < -0.3 is 5.41 Å². The van der Waals surface area contributed by atoms with E-state index in [0.717, 1.165) is 11.1 Å². The van der Waals surface area contributed by atoms with Gasteiger partial charge in [-0.05, 0) is 80.9 Å². The molecule has 0 unspecified atom stereocenters. The molecule has 0 aliphatic rings. The van der Waals surface area contributed by atoms with E-state index >= 15 is 0 Å². The zero-order valence-electron chi connectivity index (χ0n) is 23.5. The van der Waals surface area contributed by atoms with E-state index in [9.17, 15) is 0 Å². The highest BCUT2D eigenvalue weighted by molar-refractivity contribution is 5.90. The van der Waals surface area contributed by atoms with E-state index in [0.29, 0.717) is 5.71 Å². The molecule has 0 spiro atoms. The first kappa shape index (κ1) is 35.4. The van der Waals surface area contributed by atoms with E-state index < -0.39 is 0 Å². The lowest BCUT2D eigenvalue weighted by Gasteiger charge is -1.94. The molecular formula is C33H49N. The fraction of sp³-hybridized carbons (Fsp3) is 0.303. The molecule has 0 amide bonds. The predicted octanol–water partition coefficient (Wildman–Crippen LogP) is 10.7. The second kappa shape index (κ2) is 23.0. The minimum Gasteiger partial charge on any atom is -0.306 e. The maximum atomic E-state index is 6.95. The van der Waals surface area contributed by atoms with Crippen molar-refractivity contribution >= 4 is 11.3 Å². The SMILES string of the molecule is C=C(C)c1ccccc1.C=CC(=C)C.CC(=N)C=C(C)C.CC=C(C)C.Cc1cccc(C)c1. The summed E-state index contributed by atoms with van der Waals surface area (Å²) in [7, 11) is 0. The van der Waals surface area contributed by atoms with Crippen molar-refractivity contribution in [3.8, 4) is 0 Å². The van der Waals surface area contributed by atoms with Crippen molar-refractivity contribution in [2.24, 2.45) is 0 Å². The van der Waals surface area contributed by atoms with Crippen molar-refractivity contribution in [3.63, 3.8) is 0 Å². The van der Waals surface area contributed by atoms with Crippen LogP contribution >= 0.6 is 0 Å². The highest BCUT2D eigenvalue weighted by Gasteiger charge is 1.86. The van der Waals surface area contributed by atoms with E-state index in [4.69, 9.17) is 5.41 Å². The molecule has 0 atom stereocenters. The van der Waals surface area contributed by atoms with E-state index in [1.54, 1.807) is 13.0 Å². The van der Waals surface area contributed by atoms with Crippen molar-refractivity contribution in [2.75, 3.05) is 0 Å². The Morgan fingerprint density at radius 3 is 1.29 bits per heavy atom. The number of aryl methyl sites for hydroxylation is 2. The third kappa shape index (κ3) is 31.0. The standard InChI is InChI=1S/C9H10.C8H10.C6H11N.C5H10.C5H8/c1-8(2)9-6-4-3-5-7-9;1-7-4-3-5-8(2)6-7;1-5(2)4-6(3)7;2*1-4-5(2)3/h3-7H,1H2,2H3;3-6H,1-2H3;4,7H,1-3H3;4H,1-3H3;4H,1-2H2,3H3. The van der Waals surface area contributed by atoms with Gasteiger partial charge in [0.1, 0.15) is 0 Å². The van der Waals surface area contributed by atoms with Gasteiger partial charge in [-0.25, -0.2) is 0 Å². The van der Waals surface area contributed by atoms with Crippen LogP contribution in [-0.2, 0) is 0 Å². The number of hydrogen-bond acceptors (Lipinski definition) is 1. The van der Waals surface area contributed by atoms with Crippen LogP contribution in [0.4, 0.5) is 0 Å². The smallest absolute Gasteiger partial charge is 0.0282 e. The van der Waals surface area contributed by atoms with Gasteiger partial charge in [-0.15, -0.1) is 0 Å². The van der Waals surface area contributed by atoms with E-state index in [-0.39, 0.29) is 0 Å². The Labute approximate surface area is 211 Å². The van der Waals surface area contributed by atoms with Crippen LogP contribution in [0.15, 0.2) is 109 Å². The average Bonchev–Trinajstić information content (AvgIpc) is 2.75. The third-order valence-corrected chi connectivity index (χ3v) is 3.87. The van der Waals surface area contributed by atoms with Crippen molar-refractivity contribution < 1.29 is 0 Å².